The normalized spacial score (nSPS) is 22.9. The van der Waals surface area contributed by atoms with E-state index in [1.54, 1.807) is 9.80 Å². The molecule has 1 aliphatic heterocycles. The van der Waals surface area contributed by atoms with Gasteiger partial charge in [-0.25, -0.2) is 4.39 Å². The van der Waals surface area contributed by atoms with E-state index in [-0.39, 0.29) is 46.8 Å². The lowest BCUT2D eigenvalue weighted by molar-refractivity contribution is -0.133. The zero-order valence-corrected chi connectivity index (χ0v) is 16.1. The van der Waals surface area contributed by atoms with Gasteiger partial charge in [0.2, 0.25) is 5.91 Å². The van der Waals surface area contributed by atoms with E-state index in [0.29, 0.717) is 32.6 Å². The Morgan fingerprint density at radius 3 is 2.38 bits per heavy atom. The monoisotopic (exact) mass is 403 g/mol. The number of carbonyl (C=O) groups excluding carboxylic acids is 2. The van der Waals surface area contributed by atoms with Gasteiger partial charge in [0.15, 0.2) is 0 Å². The Morgan fingerprint density at radius 1 is 1.15 bits per heavy atom. The molecule has 3 rings (SSSR count). The van der Waals surface area contributed by atoms with Crippen molar-refractivity contribution in [2.45, 2.75) is 31.7 Å². The Bertz CT molecular complexity index is 666. The molecule has 1 saturated carbocycles. The molecule has 2 aliphatic rings. The Labute approximate surface area is 164 Å². The first kappa shape index (κ1) is 20.9. The number of carbonyl (C=O) groups is 2. The van der Waals surface area contributed by atoms with Crippen LogP contribution < -0.4 is 5.73 Å². The molecule has 1 saturated heterocycles. The van der Waals surface area contributed by atoms with Crippen molar-refractivity contribution in [1.29, 1.82) is 0 Å². The number of hydrogen-bond acceptors (Lipinski definition) is 3. The number of rotatable bonds is 3. The van der Waals surface area contributed by atoms with Crippen molar-refractivity contribution in [2.75, 3.05) is 26.2 Å². The maximum absolute atomic E-state index is 13.9. The molecular formula is C18H24Cl2FN3O2. The van der Waals surface area contributed by atoms with E-state index in [1.165, 1.54) is 12.1 Å². The van der Waals surface area contributed by atoms with Crippen LogP contribution in [-0.4, -0.2) is 53.8 Å². The molecule has 0 spiro atoms. The van der Waals surface area contributed by atoms with E-state index in [9.17, 15) is 14.0 Å². The van der Waals surface area contributed by atoms with Crippen molar-refractivity contribution >= 4 is 35.8 Å². The molecule has 1 aromatic rings. The summed E-state index contributed by atoms with van der Waals surface area (Å²) in [7, 11) is 0. The lowest BCUT2D eigenvalue weighted by Crippen LogP contribution is -2.51. The Balaban J connectivity index is 0.00000243. The van der Waals surface area contributed by atoms with Gasteiger partial charge in [-0.15, -0.1) is 12.4 Å². The largest absolute Gasteiger partial charge is 0.339 e. The van der Waals surface area contributed by atoms with Crippen molar-refractivity contribution in [1.82, 2.24) is 9.80 Å². The number of piperazine rings is 1. The van der Waals surface area contributed by atoms with Crippen LogP contribution >= 0.6 is 24.0 Å². The molecule has 0 bridgehead atoms. The zero-order chi connectivity index (χ0) is 18.0. The number of nitrogens with two attached hydrogens (primary N) is 1. The minimum Gasteiger partial charge on any atom is -0.339 e. The lowest BCUT2D eigenvalue weighted by Gasteiger charge is -2.35. The Morgan fingerprint density at radius 2 is 1.81 bits per heavy atom. The van der Waals surface area contributed by atoms with E-state index >= 15 is 0 Å². The van der Waals surface area contributed by atoms with Crippen molar-refractivity contribution in [2.24, 2.45) is 11.7 Å². The Kier molecular flexibility index (Phi) is 7.26. The quantitative estimate of drug-likeness (QED) is 0.843. The van der Waals surface area contributed by atoms with E-state index in [1.807, 2.05) is 0 Å². The highest BCUT2D eigenvalue weighted by molar-refractivity contribution is 6.30. The molecule has 1 aliphatic carbocycles. The Hall–Kier alpha value is -1.37. The average Bonchev–Trinajstić information content (AvgIpc) is 2.99. The van der Waals surface area contributed by atoms with Crippen LogP contribution in [0.2, 0.25) is 5.02 Å². The fourth-order valence-corrected chi connectivity index (χ4v) is 3.82. The van der Waals surface area contributed by atoms with Gasteiger partial charge in [0.05, 0.1) is 5.56 Å². The molecule has 144 valence electrons. The fraction of sp³-hybridized carbons (Fsp3) is 0.556. The van der Waals surface area contributed by atoms with Gasteiger partial charge in [-0.3, -0.25) is 9.59 Å². The van der Waals surface area contributed by atoms with Gasteiger partial charge in [-0.1, -0.05) is 18.0 Å². The van der Waals surface area contributed by atoms with Crippen LogP contribution in [-0.2, 0) is 4.79 Å². The summed E-state index contributed by atoms with van der Waals surface area (Å²) in [5, 5.41) is 0.259. The summed E-state index contributed by atoms with van der Waals surface area (Å²) in [6.45, 7) is 1.76. The van der Waals surface area contributed by atoms with Crippen LogP contribution in [0.5, 0.6) is 0 Å². The van der Waals surface area contributed by atoms with E-state index in [2.05, 4.69) is 0 Å². The second-order valence-corrected chi connectivity index (χ2v) is 7.29. The predicted molar refractivity (Wildman–Crippen MR) is 101 cm³/mol. The smallest absolute Gasteiger partial charge is 0.256 e. The summed E-state index contributed by atoms with van der Waals surface area (Å²) >= 11 is 5.72. The molecule has 1 heterocycles. The number of benzene rings is 1. The minimum atomic E-state index is -0.619. The van der Waals surface area contributed by atoms with Crippen molar-refractivity contribution < 1.29 is 14.0 Å². The first-order valence-electron chi connectivity index (χ1n) is 8.73. The highest BCUT2D eigenvalue weighted by Gasteiger charge is 2.30. The second-order valence-electron chi connectivity index (χ2n) is 6.86. The average molecular weight is 404 g/mol. The summed E-state index contributed by atoms with van der Waals surface area (Å²) in [5.74, 6) is -0.604. The third kappa shape index (κ3) is 4.67. The molecule has 0 radical (unpaired) electrons. The highest BCUT2D eigenvalue weighted by atomic mass is 35.5. The van der Waals surface area contributed by atoms with Crippen LogP contribution in [0, 0.1) is 11.7 Å². The van der Waals surface area contributed by atoms with Crippen molar-refractivity contribution in [3.05, 3.63) is 34.6 Å². The van der Waals surface area contributed by atoms with Crippen LogP contribution in [0.4, 0.5) is 4.39 Å². The van der Waals surface area contributed by atoms with Crippen molar-refractivity contribution in [3.63, 3.8) is 0 Å². The molecule has 2 fully saturated rings. The summed E-state index contributed by atoms with van der Waals surface area (Å²) in [4.78, 5) is 28.2. The predicted octanol–water partition coefficient (Wildman–Crippen LogP) is 2.70. The SMILES string of the molecule is Cl.N[C@@H]1CCC[C@H]1CC(=O)N1CCN(C(=O)c2ccc(Cl)cc2F)CC1. The van der Waals surface area contributed by atoms with Gasteiger partial charge >= 0.3 is 0 Å². The fourth-order valence-electron chi connectivity index (χ4n) is 3.66. The number of hydrogen-bond donors (Lipinski definition) is 1. The molecular weight excluding hydrogens is 380 g/mol. The third-order valence-corrected chi connectivity index (χ3v) is 5.47. The molecule has 2 N–H and O–H groups in total. The summed E-state index contributed by atoms with van der Waals surface area (Å²) in [6.07, 6.45) is 3.59. The van der Waals surface area contributed by atoms with Gasteiger partial charge in [-0.2, -0.15) is 0 Å². The maximum atomic E-state index is 13.9. The second kappa shape index (κ2) is 9.02. The summed E-state index contributed by atoms with van der Waals surface area (Å²) in [6, 6.07) is 4.17. The molecule has 1 aromatic carbocycles. The number of nitrogens with zero attached hydrogens (tertiary/aromatic N) is 2. The number of amides is 2. The van der Waals surface area contributed by atoms with Gasteiger partial charge in [-0.05, 0) is 37.0 Å². The molecule has 5 nitrogen and oxygen atoms in total. The lowest BCUT2D eigenvalue weighted by atomic mass is 9.99. The molecule has 0 aromatic heterocycles. The van der Waals surface area contributed by atoms with Crippen molar-refractivity contribution in [3.8, 4) is 0 Å². The maximum Gasteiger partial charge on any atom is 0.256 e. The van der Waals surface area contributed by atoms with E-state index in [4.69, 9.17) is 17.3 Å². The van der Waals surface area contributed by atoms with Gasteiger partial charge in [0, 0.05) is 43.7 Å². The molecule has 2 amide bonds. The number of halogens is 3. The van der Waals surface area contributed by atoms with E-state index < -0.39 is 5.82 Å². The summed E-state index contributed by atoms with van der Waals surface area (Å²) in [5.41, 5.74) is 6.05. The van der Waals surface area contributed by atoms with E-state index in [0.717, 1.165) is 25.3 Å². The standard InChI is InChI=1S/C18H23ClFN3O2.ClH/c19-13-4-5-14(15(20)11-13)18(25)23-8-6-22(7-9-23)17(24)10-12-2-1-3-16(12)21;/h4-5,11-12,16H,1-3,6-10,21H2;1H/t12-,16+;/m0./s1. The van der Waals surface area contributed by atoms with Crippen LogP contribution in [0.15, 0.2) is 18.2 Å². The van der Waals surface area contributed by atoms with Gasteiger partial charge < -0.3 is 15.5 Å². The first-order chi connectivity index (χ1) is 12.0. The summed E-state index contributed by atoms with van der Waals surface area (Å²) < 4.78 is 13.9. The van der Waals surface area contributed by atoms with Crippen LogP contribution in [0.3, 0.4) is 0 Å². The first-order valence-corrected chi connectivity index (χ1v) is 9.11. The molecule has 8 heteroatoms. The molecule has 26 heavy (non-hydrogen) atoms. The van der Waals surface area contributed by atoms with Gasteiger partial charge in [0.1, 0.15) is 5.82 Å². The minimum absolute atomic E-state index is 0. The third-order valence-electron chi connectivity index (χ3n) is 5.24. The molecule has 2 atom stereocenters. The topological polar surface area (TPSA) is 66.6 Å². The molecule has 0 unspecified atom stereocenters. The zero-order valence-electron chi connectivity index (χ0n) is 14.5. The van der Waals surface area contributed by atoms with Crippen LogP contribution in [0.1, 0.15) is 36.0 Å². The van der Waals surface area contributed by atoms with Gasteiger partial charge in [0.25, 0.3) is 5.91 Å². The highest BCUT2D eigenvalue weighted by Crippen LogP contribution is 2.27. The van der Waals surface area contributed by atoms with Crippen LogP contribution in [0.25, 0.3) is 0 Å².